The van der Waals surface area contributed by atoms with E-state index in [0.29, 0.717) is 11.1 Å². The van der Waals surface area contributed by atoms with Crippen molar-refractivity contribution in [2.45, 2.75) is 37.5 Å². The molecule has 7 heteroatoms. The van der Waals surface area contributed by atoms with Crippen LogP contribution in [0.4, 0.5) is 4.39 Å². The molecule has 2 N–H and O–H groups in total. The maximum Gasteiger partial charge on any atom is 0.307 e. The van der Waals surface area contributed by atoms with Crippen LogP contribution >= 0.6 is 0 Å². The molecule has 0 aromatic heterocycles. The highest BCUT2D eigenvalue weighted by molar-refractivity contribution is 7.90. The van der Waals surface area contributed by atoms with Crippen LogP contribution in [0.5, 0.6) is 0 Å². The highest BCUT2D eigenvalue weighted by Crippen LogP contribution is 2.34. The molecule has 0 saturated carbocycles. The van der Waals surface area contributed by atoms with E-state index in [1.165, 1.54) is 6.07 Å². The predicted octanol–water partition coefficient (Wildman–Crippen LogP) is 1.73. The normalized spacial score (nSPS) is 18.6. The number of hydrogen-bond donors (Lipinski definition) is 2. The lowest BCUT2D eigenvalue weighted by atomic mass is 9.88. The summed E-state index contributed by atoms with van der Waals surface area (Å²) < 4.78 is 34.4. The molecule has 0 radical (unpaired) electrons. The maximum atomic E-state index is 14.4. The molecule has 1 heterocycles. The van der Waals surface area contributed by atoms with Gasteiger partial charge in [-0.3, -0.25) is 4.79 Å². The van der Waals surface area contributed by atoms with Gasteiger partial charge in [-0.2, -0.15) is 0 Å². The lowest BCUT2D eigenvalue weighted by Crippen LogP contribution is -2.62. The summed E-state index contributed by atoms with van der Waals surface area (Å²) in [6, 6.07) is 4.34. The second-order valence-corrected chi connectivity index (χ2v) is 8.41. The number of carbonyl (C=O) groups is 1. The van der Waals surface area contributed by atoms with E-state index < -0.39 is 33.4 Å². The van der Waals surface area contributed by atoms with Crippen LogP contribution in [0.1, 0.15) is 31.9 Å². The Labute approximate surface area is 132 Å². The Balaban J connectivity index is 2.26. The number of rotatable bonds is 5. The van der Waals surface area contributed by atoms with Gasteiger partial charge in [0.25, 0.3) is 0 Å². The Kier molecular flexibility index (Phi) is 4.81. The molecular weight excluding hydrogens is 309 g/mol. The van der Waals surface area contributed by atoms with Crippen LogP contribution in [-0.2, 0) is 32.9 Å². The fraction of sp³-hybridized carbons (Fsp3) is 0.533. The molecule has 22 heavy (non-hydrogen) atoms. The molecule has 0 aliphatic carbocycles. The van der Waals surface area contributed by atoms with Gasteiger partial charge in [0, 0.05) is 16.9 Å². The Morgan fingerprint density at radius 3 is 2.55 bits per heavy atom. The van der Waals surface area contributed by atoms with Gasteiger partial charge in [0.15, 0.2) is 0 Å². The molecule has 2 rings (SSSR count). The van der Waals surface area contributed by atoms with Gasteiger partial charge in [-0.25, -0.2) is 4.39 Å². The first-order valence-electron chi connectivity index (χ1n) is 6.92. The molecule has 1 saturated heterocycles. The largest absolute Gasteiger partial charge is 0.598 e. The van der Waals surface area contributed by atoms with Gasteiger partial charge in [0.05, 0.1) is 19.6 Å². The Morgan fingerprint density at radius 2 is 2.14 bits per heavy atom. The molecule has 1 atom stereocenters. The van der Waals surface area contributed by atoms with Gasteiger partial charge >= 0.3 is 5.97 Å². The highest BCUT2D eigenvalue weighted by atomic mass is 32.2. The number of benzene rings is 1. The minimum atomic E-state index is -1.37. The standard InChI is InChI=1S/C15H20FNO4S/c1-14(2,3)22(20)17-15(8-21-9-15)11-5-4-10(6-12(11)16)7-13(18)19/h4-6,17H,7-9H2,1-3H3,(H,18,19). The van der Waals surface area contributed by atoms with Gasteiger partial charge in [-0.05, 0) is 32.4 Å². The summed E-state index contributed by atoms with van der Waals surface area (Å²) >= 11 is -1.37. The van der Waals surface area contributed by atoms with Gasteiger partial charge in [-0.15, -0.1) is 4.72 Å². The van der Waals surface area contributed by atoms with E-state index in [1.54, 1.807) is 12.1 Å². The Morgan fingerprint density at radius 1 is 1.50 bits per heavy atom. The van der Waals surface area contributed by atoms with Crippen molar-refractivity contribution in [2.75, 3.05) is 13.2 Å². The van der Waals surface area contributed by atoms with Crippen molar-refractivity contribution in [3.63, 3.8) is 0 Å². The molecule has 0 bridgehead atoms. The third kappa shape index (κ3) is 3.60. The fourth-order valence-corrected chi connectivity index (χ4v) is 3.03. The van der Waals surface area contributed by atoms with Crippen molar-refractivity contribution in [3.05, 3.63) is 35.1 Å². The number of carboxylic acid groups (broad SMARTS) is 1. The molecule has 122 valence electrons. The third-order valence-corrected chi connectivity index (χ3v) is 5.13. The first kappa shape index (κ1) is 17.2. The van der Waals surface area contributed by atoms with Crippen LogP contribution in [0.2, 0.25) is 0 Å². The van der Waals surface area contributed by atoms with Crippen LogP contribution in [-0.4, -0.2) is 33.6 Å². The molecule has 1 fully saturated rings. The van der Waals surface area contributed by atoms with Crippen molar-refractivity contribution in [1.29, 1.82) is 0 Å². The zero-order valence-electron chi connectivity index (χ0n) is 12.8. The smallest absolute Gasteiger partial charge is 0.307 e. The third-order valence-electron chi connectivity index (χ3n) is 3.45. The quantitative estimate of drug-likeness (QED) is 0.804. The van der Waals surface area contributed by atoms with Crippen molar-refractivity contribution >= 4 is 17.3 Å². The van der Waals surface area contributed by atoms with Crippen LogP contribution in [0.3, 0.4) is 0 Å². The maximum absolute atomic E-state index is 14.4. The summed E-state index contributed by atoms with van der Waals surface area (Å²) in [6.45, 7) is 5.94. The fourth-order valence-electron chi connectivity index (χ4n) is 2.14. The first-order chi connectivity index (χ1) is 10.1. The van der Waals surface area contributed by atoms with Gasteiger partial charge in [0.2, 0.25) is 0 Å². The second-order valence-electron chi connectivity index (χ2n) is 6.44. The lowest BCUT2D eigenvalue weighted by molar-refractivity contribution is -0.136. The van der Waals surface area contributed by atoms with E-state index in [2.05, 4.69) is 4.72 Å². The summed E-state index contributed by atoms with van der Waals surface area (Å²) in [7, 11) is 0. The van der Waals surface area contributed by atoms with Gasteiger partial charge in [0.1, 0.15) is 16.1 Å². The summed E-state index contributed by atoms with van der Waals surface area (Å²) in [5.41, 5.74) is -0.0872. The predicted molar refractivity (Wildman–Crippen MR) is 81.3 cm³/mol. The minimum absolute atomic E-state index is 0.226. The van der Waals surface area contributed by atoms with Crippen molar-refractivity contribution < 1.29 is 23.6 Å². The van der Waals surface area contributed by atoms with E-state index in [-0.39, 0.29) is 19.6 Å². The topological polar surface area (TPSA) is 81.6 Å². The summed E-state index contributed by atoms with van der Waals surface area (Å²) in [5, 5.41) is 8.76. The molecule has 1 aliphatic heterocycles. The Bertz CT molecular complexity index is 569. The SMILES string of the molecule is CC(C)(C)[S+]([O-])NC1(c2ccc(CC(=O)O)cc2F)COC1. The number of aliphatic carboxylic acids is 1. The van der Waals surface area contributed by atoms with Crippen LogP contribution < -0.4 is 4.72 Å². The first-order valence-corrected chi connectivity index (χ1v) is 8.07. The molecule has 5 nitrogen and oxygen atoms in total. The lowest BCUT2D eigenvalue weighted by Gasteiger charge is -2.43. The monoisotopic (exact) mass is 329 g/mol. The van der Waals surface area contributed by atoms with Crippen molar-refractivity contribution in [3.8, 4) is 0 Å². The van der Waals surface area contributed by atoms with Crippen molar-refractivity contribution in [1.82, 2.24) is 4.72 Å². The molecule has 1 unspecified atom stereocenters. The number of carboxylic acids is 1. The highest BCUT2D eigenvalue weighted by Gasteiger charge is 2.48. The summed E-state index contributed by atoms with van der Waals surface area (Å²) in [6.07, 6.45) is -0.234. The second kappa shape index (κ2) is 6.16. The molecule has 1 aromatic rings. The van der Waals surface area contributed by atoms with Gasteiger partial charge < -0.3 is 14.4 Å². The van der Waals surface area contributed by atoms with Crippen LogP contribution in [0.15, 0.2) is 18.2 Å². The van der Waals surface area contributed by atoms with Crippen LogP contribution in [0.25, 0.3) is 0 Å². The minimum Gasteiger partial charge on any atom is -0.598 e. The average Bonchev–Trinajstić information content (AvgIpc) is 2.32. The van der Waals surface area contributed by atoms with E-state index in [1.807, 2.05) is 20.8 Å². The zero-order chi connectivity index (χ0) is 16.5. The summed E-state index contributed by atoms with van der Waals surface area (Å²) in [4.78, 5) is 10.7. The molecule has 1 aromatic carbocycles. The van der Waals surface area contributed by atoms with Crippen molar-refractivity contribution in [2.24, 2.45) is 0 Å². The van der Waals surface area contributed by atoms with Gasteiger partial charge in [-0.1, -0.05) is 12.1 Å². The average molecular weight is 329 g/mol. The number of halogens is 1. The molecular formula is C15H20FNO4S. The van der Waals surface area contributed by atoms with E-state index in [4.69, 9.17) is 9.84 Å². The Hall–Kier alpha value is -1.15. The number of hydrogen-bond acceptors (Lipinski definition) is 4. The zero-order valence-corrected chi connectivity index (χ0v) is 13.6. The van der Waals surface area contributed by atoms with E-state index >= 15 is 0 Å². The van der Waals surface area contributed by atoms with E-state index in [0.717, 1.165) is 0 Å². The van der Waals surface area contributed by atoms with E-state index in [9.17, 15) is 13.7 Å². The number of nitrogens with one attached hydrogen (secondary N) is 1. The molecule has 1 aliphatic rings. The summed E-state index contributed by atoms with van der Waals surface area (Å²) in [5.74, 6) is -1.53. The molecule has 0 spiro atoms. The van der Waals surface area contributed by atoms with Crippen LogP contribution in [0, 0.1) is 5.82 Å². The number of ether oxygens (including phenoxy) is 1. The molecule has 0 amide bonds.